The predicted molar refractivity (Wildman–Crippen MR) is 279 cm³/mol. The minimum atomic E-state index is -0.769. The summed E-state index contributed by atoms with van der Waals surface area (Å²) < 4.78 is 17.5. The summed E-state index contributed by atoms with van der Waals surface area (Å²) in [6, 6.07) is 18.7. The number of Topliss-reactive ketones (excluding diaryl/α,β-unsaturated/α-hetero) is 1. The van der Waals surface area contributed by atoms with Gasteiger partial charge in [-0.1, -0.05) is 167 Å². The molecule has 0 bridgehead atoms. The molecular formula is C59H85N3O6. The van der Waals surface area contributed by atoms with Crippen LogP contribution in [0.15, 0.2) is 72.8 Å². The van der Waals surface area contributed by atoms with Crippen LogP contribution in [0.5, 0.6) is 17.2 Å². The van der Waals surface area contributed by atoms with Crippen molar-refractivity contribution in [2.75, 3.05) is 6.61 Å². The van der Waals surface area contributed by atoms with E-state index in [1.54, 1.807) is 38.1 Å². The first-order chi connectivity index (χ1) is 32.9. The summed E-state index contributed by atoms with van der Waals surface area (Å²) in [5.74, 6) is 2.02. The SMILES string of the molecule is C=C(CCCCCCCCC)C(C)Cc1ccc(-c2nc(-c3ccc(OC(C)C(=O)OCCCCCCCC)cc3)nc(-c3ccc(OC(C)C(=O)CCCCCCCCC)cc3O)n2)c(C)c1. The maximum atomic E-state index is 13.0. The highest BCUT2D eigenvalue weighted by molar-refractivity contribution is 5.83. The third-order valence-corrected chi connectivity index (χ3v) is 13.0. The van der Waals surface area contributed by atoms with Crippen molar-refractivity contribution in [1.29, 1.82) is 0 Å². The van der Waals surface area contributed by atoms with Crippen LogP contribution < -0.4 is 9.47 Å². The van der Waals surface area contributed by atoms with Crippen molar-refractivity contribution in [3.63, 3.8) is 0 Å². The molecule has 3 aromatic carbocycles. The number of hydrogen-bond acceptors (Lipinski definition) is 9. The zero-order valence-electron chi connectivity index (χ0n) is 43.0. The maximum absolute atomic E-state index is 13.0. The number of carbonyl (C=O) groups excluding carboxylic acids is 2. The second-order valence-corrected chi connectivity index (χ2v) is 19.1. The van der Waals surface area contributed by atoms with Crippen LogP contribution >= 0.6 is 0 Å². The number of phenolic OH excluding ortho intramolecular Hbond substituents is 1. The molecular weight excluding hydrogens is 847 g/mol. The quantitative estimate of drug-likeness (QED) is 0.0273. The first-order valence-corrected chi connectivity index (χ1v) is 26.4. The van der Waals surface area contributed by atoms with E-state index in [0.29, 0.717) is 53.2 Å². The standard InChI is InChI=1S/C59H85N3O6/c1-9-12-15-18-21-23-26-29-43(4)44(5)40-48-31-37-52(45(6)41-48)57-60-56(49-32-34-50(35-33-49)68-47(8)59(65)66-39-28-25-20-17-14-11-3)61-58(62-57)53-38-36-51(42-55(53)64)67-46(7)54(63)30-27-24-22-19-16-13-10-2/h31-38,41-42,44,46-47,64H,4,9-30,39-40H2,1-3,5-8H3. The molecule has 0 aliphatic rings. The molecule has 0 amide bonds. The summed E-state index contributed by atoms with van der Waals surface area (Å²) in [6.07, 6.45) is 24.8. The van der Waals surface area contributed by atoms with E-state index in [1.807, 2.05) is 12.1 Å². The normalized spacial score (nSPS) is 12.6. The minimum Gasteiger partial charge on any atom is -0.507 e. The van der Waals surface area contributed by atoms with Crippen molar-refractivity contribution in [3.05, 3.63) is 83.9 Å². The van der Waals surface area contributed by atoms with Gasteiger partial charge in [-0.15, -0.1) is 0 Å². The summed E-state index contributed by atoms with van der Waals surface area (Å²) in [6.45, 7) is 19.3. The minimum absolute atomic E-state index is 0.0486. The van der Waals surface area contributed by atoms with Crippen LogP contribution in [0.1, 0.15) is 194 Å². The van der Waals surface area contributed by atoms with Gasteiger partial charge in [0.25, 0.3) is 0 Å². The molecule has 9 heteroatoms. The first-order valence-electron chi connectivity index (χ1n) is 26.4. The van der Waals surface area contributed by atoms with E-state index in [1.165, 1.54) is 107 Å². The van der Waals surface area contributed by atoms with Gasteiger partial charge in [0.05, 0.1) is 12.2 Å². The number of aryl methyl sites for hydroxylation is 1. The van der Waals surface area contributed by atoms with Crippen LogP contribution in [0.4, 0.5) is 0 Å². The lowest BCUT2D eigenvalue weighted by molar-refractivity contribution is -0.151. The molecule has 0 saturated carbocycles. The Balaban J connectivity index is 1.52. The van der Waals surface area contributed by atoms with Crippen LogP contribution in [0, 0.1) is 12.8 Å². The van der Waals surface area contributed by atoms with Crippen molar-refractivity contribution in [3.8, 4) is 51.4 Å². The van der Waals surface area contributed by atoms with Gasteiger partial charge in [0.15, 0.2) is 35.5 Å². The van der Waals surface area contributed by atoms with Gasteiger partial charge >= 0.3 is 5.97 Å². The highest BCUT2D eigenvalue weighted by Crippen LogP contribution is 2.35. The van der Waals surface area contributed by atoms with E-state index in [2.05, 4.69) is 59.4 Å². The molecule has 9 nitrogen and oxygen atoms in total. The zero-order valence-corrected chi connectivity index (χ0v) is 43.0. The number of hydrogen-bond donors (Lipinski definition) is 1. The van der Waals surface area contributed by atoms with Crippen molar-refractivity contribution in [2.24, 2.45) is 5.92 Å². The monoisotopic (exact) mass is 932 g/mol. The fourth-order valence-corrected chi connectivity index (χ4v) is 8.51. The second kappa shape index (κ2) is 31.2. The van der Waals surface area contributed by atoms with Gasteiger partial charge in [-0.05, 0) is 106 Å². The third kappa shape index (κ3) is 19.5. The molecule has 1 aromatic heterocycles. The Kier molecular flexibility index (Phi) is 25.4. The van der Waals surface area contributed by atoms with Crippen LogP contribution in [-0.2, 0) is 20.7 Å². The lowest BCUT2D eigenvalue weighted by Crippen LogP contribution is -2.26. The summed E-state index contributed by atoms with van der Waals surface area (Å²) in [5, 5.41) is 11.5. The number of aromatic nitrogens is 3. The molecule has 0 aliphatic carbocycles. The van der Waals surface area contributed by atoms with E-state index in [-0.39, 0.29) is 23.3 Å². The Hall–Kier alpha value is -5.05. The Morgan fingerprint density at radius 3 is 1.66 bits per heavy atom. The average molecular weight is 932 g/mol. The summed E-state index contributed by atoms with van der Waals surface area (Å²) in [4.78, 5) is 40.5. The first kappa shape index (κ1) is 55.5. The lowest BCUT2D eigenvalue weighted by atomic mass is 9.90. The number of rotatable bonds is 35. The summed E-state index contributed by atoms with van der Waals surface area (Å²) in [5.41, 5.74) is 5.53. The highest BCUT2D eigenvalue weighted by atomic mass is 16.6. The number of aromatic hydroxyl groups is 1. The number of ketones is 1. The molecule has 3 atom stereocenters. The van der Waals surface area contributed by atoms with Crippen molar-refractivity contribution in [1.82, 2.24) is 15.0 Å². The Morgan fingerprint density at radius 1 is 0.574 bits per heavy atom. The number of unbranched alkanes of at least 4 members (excludes halogenated alkanes) is 17. The van der Waals surface area contributed by atoms with E-state index in [4.69, 9.17) is 29.2 Å². The zero-order chi connectivity index (χ0) is 49.1. The van der Waals surface area contributed by atoms with Gasteiger partial charge in [0.2, 0.25) is 0 Å². The number of carbonyl (C=O) groups is 2. The smallest absolute Gasteiger partial charge is 0.347 e. The summed E-state index contributed by atoms with van der Waals surface area (Å²) >= 11 is 0. The van der Waals surface area contributed by atoms with Gasteiger partial charge in [0.1, 0.15) is 17.2 Å². The number of allylic oxidation sites excluding steroid dienone is 1. The molecule has 1 N–H and O–H groups in total. The molecule has 0 aliphatic heterocycles. The van der Waals surface area contributed by atoms with Crippen LogP contribution in [0.25, 0.3) is 34.2 Å². The van der Waals surface area contributed by atoms with E-state index in [0.717, 1.165) is 62.5 Å². The molecule has 4 rings (SSSR count). The van der Waals surface area contributed by atoms with Crippen molar-refractivity contribution >= 4 is 11.8 Å². The Bertz CT molecular complexity index is 2010. The largest absolute Gasteiger partial charge is 0.507 e. The van der Waals surface area contributed by atoms with Gasteiger partial charge in [-0.3, -0.25) is 4.79 Å². The molecule has 0 spiro atoms. The van der Waals surface area contributed by atoms with Crippen LogP contribution in [-0.4, -0.2) is 50.6 Å². The fourth-order valence-electron chi connectivity index (χ4n) is 8.51. The topological polar surface area (TPSA) is 121 Å². The van der Waals surface area contributed by atoms with Gasteiger partial charge < -0.3 is 19.3 Å². The van der Waals surface area contributed by atoms with Crippen molar-refractivity contribution < 1.29 is 28.9 Å². The Labute approximate surface area is 410 Å². The number of phenols is 1. The number of ether oxygens (including phenoxy) is 3. The molecule has 1 heterocycles. The van der Waals surface area contributed by atoms with Gasteiger partial charge in [0, 0.05) is 23.6 Å². The van der Waals surface area contributed by atoms with Crippen LogP contribution in [0.3, 0.4) is 0 Å². The molecule has 4 aromatic rings. The average Bonchev–Trinajstić information content (AvgIpc) is 3.33. The van der Waals surface area contributed by atoms with Gasteiger partial charge in [-0.25, -0.2) is 19.7 Å². The highest BCUT2D eigenvalue weighted by Gasteiger charge is 2.21. The molecule has 372 valence electrons. The van der Waals surface area contributed by atoms with Crippen molar-refractivity contribution in [2.45, 2.75) is 208 Å². The molecule has 0 fully saturated rings. The number of nitrogens with zero attached hydrogens (tertiary/aromatic N) is 3. The number of benzene rings is 3. The number of esters is 1. The fraction of sp³-hybridized carbons (Fsp3) is 0.576. The van der Waals surface area contributed by atoms with E-state index < -0.39 is 12.2 Å². The third-order valence-electron chi connectivity index (χ3n) is 13.0. The maximum Gasteiger partial charge on any atom is 0.347 e. The van der Waals surface area contributed by atoms with Gasteiger partial charge in [-0.2, -0.15) is 0 Å². The second-order valence-electron chi connectivity index (χ2n) is 19.1. The molecule has 3 unspecified atom stereocenters. The molecule has 0 radical (unpaired) electrons. The lowest BCUT2D eigenvalue weighted by Gasteiger charge is -2.17. The van der Waals surface area contributed by atoms with E-state index >= 15 is 0 Å². The molecule has 0 saturated heterocycles. The molecule has 68 heavy (non-hydrogen) atoms. The Morgan fingerprint density at radius 2 is 1.07 bits per heavy atom. The van der Waals surface area contributed by atoms with E-state index in [9.17, 15) is 14.7 Å². The predicted octanol–water partition coefficient (Wildman–Crippen LogP) is 15.9. The summed E-state index contributed by atoms with van der Waals surface area (Å²) in [7, 11) is 0. The van der Waals surface area contributed by atoms with Crippen LogP contribution in [0.2, 0.25) is 0 Å².